The van der Waals surface area contributed by atoms with Crippen molar-refractivity contribution in [2.24, 2.45) is 19.5 Å². The van der Waals surface area contributed by atoms with Crippen molar-refractivity contribution in [2.75, 3.05) is 0 Å². The molecule has 8 rings (SSSR count). The molecule has 59 heavy (non-hydrogen) atoms. The Morgan fingerprint density at radius 2 is 1.15 bits per heavy atom. The zero-order chi connectivity index (χ0) is 42.4. The first-order valence-electron chi connectivity index (χ1n) is 18.7. The molecule has 2 aliphatic carbocycles. The SMILES string of the molecule is Cn1c(=O)[nH]n([C@H]2c3c(cccc3C(F)(F)F)C=C[C@@H]2c2ccccc2)c1=O.Cn1c(=O)[nH]n([C@H]2c3ccc(OC(=O)C(C)(C)C)cc3C=C[C@@H]2c2ccccc2)c1=O. The van der Waals surface area contributed by atoms with E-state index < -0.39 is 57.9 Å². The first kappa shape index (κ1) is 40.3. The molecular formula is C44H41F3N6O6. The maximum atomic E-state index is 13.8. The molecule has 0 bridgehead atoms. The molecule has 0 saturated carbocycles. The number of carbonyl (C=O) groups is 1. The molecule has 2 aromatic heterocycles. The van der Waals surface area contributed by atoms with Gasteiger partial charge in [-0.25, -0.2) is 47.9 Å². The fourth-order valence-corrected chi connectivity index (χ4v) is 7.45. The second kappa shape index (κ2) is 15.5. The number of aromatic amines is 2. The molecule has 2 N–H and O–H groups in total. The molecule has 15 heteroatoms. The fourth-order valence-electron chi connectivity index (χ4n) is 7.45. The minimum absolute atomic E-state index is 0.0321. The van der Waals surface area contributed by atoms with Crippen LogP contribution in [-0.2, 0) is 25.1 Å². The first-order valence-corrected chi connectivity index (χ1v) is 18.7. The lowest BCUT2D eigenvalue weighted by atomic mass is 9.78. The van der Waals surface area contributed by atoms with Crippen molar-refractivity contribution in [2.45, 2.75) is 50.9 Å². The zero-order valence-corrected chi connectivity index (χ0v) is 32.7. The van der Waals surface area contributed by atoms with Crippen LogP contribution in [0.5, 0.6) is 5.75 Å². The molecule has 0 aliphatic heterocycles. The van der Waals surface area contributed by atoms with E-state index in [4.69, 9.17) is 4.74 Å². The third kappa shape index (κ3) is 7.75. The van der Waals surface area contributed by atoms with Crippen molar-refractivity contribution >= 4 is 18.1 Å². The molecule has 2 heterocycles. The molecule has 4 atom stereocenters. The summed E-state index contributed by atoms with van der Waals surface area (Å²) < 4.78 is 51.2. The van der Waals surface area contributed by atoms with E-state index in [1.54, 1.807) is 81.5 Å². The van der Waals surface area contributed by atoms with Crippen LogP contribution in [0, 0.1) is 5.41 Å². The van der Waals surface area contributed by atoms with Crippen molar-refractivity contribution in [3.63, 3.8) is 0 Å². The number of esters is 1. The molecule has 0 saturated heterocycles. The molecule has 12 nitrogen and oxygen atoms in total. The number of H-pyrrole nitrogens is 2. The summed E-state index contributed by atoms with van der Waals surface area (Å²) in [5.41, 5.74) is 0.0660. The maximum absolute atomic E-state index is 13.8. The molecule has 6 aromatic rings. The number of alkyl halides is 3. The fraction of sp³-hybridized carbons (Fsp3) is 0.250. The molecular weight excluding hydrogens is 766 g/mol. The Labute approximate surface area is 335 Å². The largest absolute Gasteiger partial charge is 0.426 e. The number of fused-ring (bicyclic) bond motifs is 2. The molecule has 0 spiro atoms. The van der Waals surface area contributed by atoms with E-state index in [0.29, 0.717) is 11.3 Å². The Hall–Kier alpha value is -6.90. The van der Waals surface area contributed by atoms with E-state index in [-0.39, 0.29) is 17.5 Å². The van der Waals surface area contributed by atoms with Gasteiger partial charge in [-0.2, -0.15) is 13.2 Å². The summed E-state index contributed by atoms with van der Waals surface area (Å²) in [4.78, 5) is 61.8. The Morgan fingerprint density at radius 3 is 1.64 bits per heavy atom. The molecule has 2 aliphatic rings. The van der Waals surface area contributed by atoms with Crippen molar-refractivity contribution in [1.29, 1.82) is 0 Å². The number of ether oxygens (including phenoxy) is 1. The number of aromatic nitrogens is 6. The molecule has 304 valence electrons. The number of allylic oxidation sites excluding steroid dienone is 2. The average Bonchev–Trinajstić information content (AvgIpc) is 3.62. The topological polar surface area (TPSA) is 146 Å². The zero-order valence-electron chi connectivity index (χ0n) is 32.7. The molecule has 0 fully saturated rings. The highest BCUT2D eigenvalue weighted by Crippen LogP contribution is 2.46. The van der Waals surface area contributed by atoms with Crippen molar-refractivity contribution < 1.29 is 22.7 Å². The summed E-state index contributed by atoms with van der Waals surface area (Å²) in [5, 5.41) is 5.09. The van der Waals surface area contributed by atoms with Gasteiger partial charge in [0, 0.05) is 25.9 Å². The van der Waals surface area contributed by atoms with Gasteiger partial charge in [0.05, 0.1) is 23.1 Å². The summed E-state index contributed by atoms with van der Waals surface area (Å²) in [6.45, 7) is 5.39. The lowest BCUT2D eigenvalue weighted by Gasteiger charge is -2.32. The quantitative estimate of drug-likeness (QED) is 0.150. The van der Waals surface area contributed by atoms with Gasteiger partial charge in [-0.3, -0.25) is 4.79 Å². The van der Waals surface area contributed by atoms with Crippen LogP contribution in [0.15, 0.2) is 128 Å². The number of benzene rings is 4. The summed E-state index contributed by atoms with van der Waals surface area (Å²) >= 11 is 0. The van der Waals surface area contributed by atoms with Gasteiger partial charge in [0.15, 0.2) is 0 Å². The van der Waals surface area contributed by atoms with E-state index in [1.807, 2.05) is 48.6 Å². The Bertz CT molecular complexity index is 2830. The van der Waals surface area contributed by atoms with Gasteiger partial charge in [0.1, 0.15) is 5.75 Å². The van der Waals surface area contributed by atoms with Gasteiger partial charge in [-0.05, 0) is 72.4 Å². The summed E-state index contributed by atoms with van der Waals surface area (Å²) in [7, 11) is 2.73. The molecule has 0 unspecified atom stereocenters. The van der Waals surface area contributed by atoms with Crippen LogP contribution in [0.4, 0.5) is 13.2 Å². The van der Waals surface area contributed by atoms with E-state index in [9.17, 15) is 37.1 Å². The minimum Gasteiger partial charge on any atom is -0.426 e. The van der Waals surface area contributed by atoms with Crippen molar-refractivity contribution in [3.05, 3.63) is 190 Å². The first-order chi connectivity index (χ1) is 28.0. The smallest absolute Gasteiger partial charge is 0.416 e. The van der Waals surface area contributed by atoms with Gasteiger partial charge in [0.25, 0.3) is 0 Å². The van der Waals surface area contributed by atoms with Gasteiger partial charge >= 0.3 is 34.9 Å². The van der Waals surface area contributed by atoms with Crippen LogP contribution in [0.2, 0.25) is 0 Å². The number of carbonyl (C=O) groups excluding carboxylic acids is 1. The van der Waals surface area contributed by atoms with Crippen molar-refractivity contribution in [1.82, 2.24) is 28.7 Å². The highest BCUT2D eigenvalue weighted by Gasteiger charge is 2.41. The van der Waals surface area contributed by atoms with E-state index in [1.165, 1.54) is 24.8 Å². The normalized spacial score (nSPS) is 18.4. The van der Waals surface area contributed by atoms with E-state index >= 15 is 0 Å². The molecule has 4 aromatic carbocycles. The molecule has 0 radical (unpaired) electrons. The number of hydrogen-bond acceptors (Lipinski definition) is 6. The number of nitrogens with zero attached hydrogens (tertiary/aromatic N) is 4. The monoisotopic (exact) mass is 806 g/mol. The van der Waals surface area contributed by atoms with Gasteiger partial charge in [-0.15, -0.1) is 0 Å². The van der Waals surface area contributed by atoms with Gasteiger partial charge < -0.3 is 4.74 Å². The predicted octanol–water partition coefficient (Wildman–Crippen LogP) is 6.52. The predicted molar refractivity (Wildman–Crippen MR) is 216 cm³/mol. The van der Waals surface area contributed by atoms with Crippen LogP contribution in [0.3, 0.4) is 0 Å². The number of nitrogens with one attached hydrogen (secondary N) is 2. The Balaban J connectivity index is 0.000000180. The Kier molecular flexibility index (Phi) is 10.6. The highest BCUT2D eigenvalue weighted by molar-refractivity contribution is 5.78. The van der Waals surface area contributed by atoms with Gasteiger partial charge in [0.2, 0.25) is 0 Å². The number of hydrogen-bond donors (Lipinski definition) is 2. The standard InChI is InChI=1S/C24H25N3O4.C20H16F3N3O2/c1-24(2,3)21(28)31-17-11-13-19-16(14-17)10-12-18(15-8-6-5-7-9-15)20(19)27-23(30)26(4)22(29)25-27;1-25-18(27)24-26(19(25)28)17-14(12-6-3-2-4-7-12)11-10-13-8-5-9-15(16(13)17)20(21,22)23/h5-14,18,20H,1-4H3,(H,25,29);2-11,14,17H,1H3,(H,24,27)/t18-,20-;14-,17-/m11/s1. The van der Waals surface area contributed by atoms with Crippen LogP contribution in [-0.4, -0.2) is 34.7 Å². The third-order valence-electron chi connectivity index (χ3n) is 10.5. The van der Waals surface area contributed by atoms with Gasteiger partial charge in [-0.1, -0.05) is 103 Å². The highest BCUT2D eigenvalue weighted by atomic mass is 19.4. The van der Waals surface area contributed by atoms with Crippen LogP contribution in [0.25, 0.3) is 12.2 Å². The number of rotatable bonds is 5. The van der Waals surface area contributed by atoms with Crippen LogP contribution < -0.4 is 27.5 Å². The lowest BCUT2D eigenvalue weighted by molar-refractivity contribution is -0.143. The van der Waals surface area contributed by atoms with Crippen LogP contribution in [0.1, 0.15) is 83.6 Å². The Morgan fingerprint density at radius 1 is 0.644 bits per heavy atom. The maximum Gasteiger partial charge on any atom is 0.416 e. The second-order valence-corrected chi connectivity index (χ2v) is 15.5. The third-order valence-corrected chi connectivity index (χ3v) is 10.5. The number of halogens is 3. The average molecular weight is 807 g/mol. The van der Waals surface area contributed by atoms with E-state index in [2.05, 4.69) is 10.2 Å². The van der Waals surface area contributed by atoms with Crippen LogP contribution >= 0.6 is 0 Å². The summed E-state index contributed by atoms with van der Waals surface area (Å²) in [6, 6.07) is 26.5. The molecule has 0 amide bonds. The minimum atomic E-state index is -4.60. The summed E-state index contributed by atoms with van der Waals surface area (Å²) in [5.74, 6) is -0.607. The van der Waals surface area contributed by atoms with Crippen molar-refractivity contribution in [3.8, 4) is 5.75 Å². The second-order valence-electron chi connectivity index (χ2n) is 15.5. The lowest BCUT2D eigenvalue weighted by Crippen LogP contribution is -2.34. The summed E-state index contributed by atoms with van der Waals surface area (Å²) in [6.07, 6.45) is 2.76. The van der Waals surface area contributed by atoms with E-state index in [0.717, 1.165) is 42.1 Å².